The second-order valence-corrected chi connectivity index (χ2v) is 6.23. The Hall–Kier alpha value is -2.97. The average molecular weight is 343 g/mol. The molecule has 1 saturated heterocycles. The van der Waals surface area contributed by atoms with Crippen LogP contribution in [0.15, 0.2) is 18.5 Å². The molecule has 0 radical (unpaired) electrons. The Labute approximate surface area is 145 Å². The summed E-state index contributed by atoms with van der Waals surface area (Å²) in [4.78, 5) is 36.6. The molecule has 3 rings (SSSR count). The Kier molecular flexibility index (Phi) is 4.39. The van der Waals surface area contributed by atoms with Crippen molar-refractivity contribution in [3.63, 3.8) is 0 Å². The van der Waals surface area contributed by atoms with Gasteiger partial charge in [0, 0.05) is 33.8 Å². The van der Waals surface area contributed by atoms with Crippen molar-refractivity contribution in [2.24, 2.45) is 7.05 Å². The molecule has 9 heteroatoms. The summed E-state index contributed by atoms with van der Waals surface area (Å²) in [5, 5.41) is 7.00. The lowest BCUT2D eigenvalue weighted by atomic mass is 10.2. The van der Waals surface area contributed by atoms with Gasteiger partial charge in [0.15, 0.2) is 0 Å². The van der Waals surface area contributed by atoms with Crippen LogP contribution in [0.1, 0.15) is 22.6 Å². The van der Waals surface area contributed by atoms with Crippen molar-refractivity contribution in [3.05, 3.63) is 29.8 Å². The summed E-state index contributed by atoms with van der Waals surface area (Å²) in [7, 11) is 5.48. The summed E-state index contributed by atoms with van der Waals surface area (Å²) >= 11 is 0. The number of carbonyl (C=O) groups is 2. The van der Waals surface area contributed by atoms with Crippen LogP contribution in [-0.2, 0) is 11.8 Å². The maximum atomic E-state index is 12.6. The van der Waals surface area contributed by atoms with Gasteiger partial charge in [0.05, 0.1) is 18.1 Å². The molecule has 1 unspecified atom stereocenters. The minimum absolute atomic E-state index is 0.144. The van der Waals surface area contributed by atoms with E-state index in [1.807, 2.05) is 27.1 Å². The van der Waals surface area contributed by atoms with Crippen LogP contribution in [0.25, 0.3) is 0 Å². The Morgan fingerprint density at radius 1 is 1.32 bits per heavy atom. The van der Waals surface area contributed by atoms with Crippen LogP contribution in [-0.4, -0.2) is 58.2 Å². The van der Waals surface area contributed by atoms with E-state index in [1.54, 1.807) is 21.5 Å². The van der Waals surface area contributed by atoms with Gasteiger partial charge < -0.3 is 10.2 Å². The van der Waals surface area contributed by atoms with Gasteiger partial charge >= 0.3 is 0 Å². The zero-order valence-corrected chi connectivity index (χ0v) is 14.7. The van der Waals surface area contributed by atoms with Crippen molar-refractivity contribution in [1.29, 1.82) is 0 Å². The van der Waals surface area contributed by atoms with E-state index in [2.05, 4.69) is 20.4 Å². The van der Waals surface area contributed by atoms with Crippen molar-refractivity contribution in [3.8, 4) is 0 Å². The molecule has 0 saturated carbocycles. The summed E-state index contributed by atoms with van der Waals surface area (Å²) in [6.07, 6.45) is 3.47. The van der Waals surface area contributed by atoms with Gasteiger partial charge in [-0.3, -0.25) is 19.2 Å². The molecule has 3 heterocycles. The Morgan fingerprint density at radius 2 is 2.08 bits per heavy atom. The van der Waals surface area contributed by atoms with Gasteiger partial charge in [-0.1, -0.05) is 0 Å². The zero-order chi connectivity index (χ0) is 18.1. The van der Waals surface area contributed by atoms with Gasteiger partial charge in [-0.15, -0.1) is 0 Å². The first-order chi connectivity index (χ1) is 11.9. The molecule has 0 bridgehead atoms. The highest BCUT2D eigenvalue weighted by Gasteiger charge is 2.35. The predicted octanol–water partition coefficient (Wildman–Crippen LogP) is 0.120. The van der Waals surface area contributed by atoms with Crippen molar-refractivity contribution < 1.29 is 9.59 Å². The number of aryl methyl sites for hydroxylation is 2. The molecule has 1 N–H and O–H groups in total. The molecule has 2 amide bonds. The maximum Gasteiger partial charge on any atom is 0.272 e. The lowest BCUT2D eigenvalue weighted by molar-refractivity contribution is -0.118. The first kappa shape index (κ1) is 16.9. The highest BCUT2D eigenvalue weighted by molar-refractivity contribution is 6.03. The number of nitrogens with zero attached hydrogens (tertiary/aromatic N) is 6. The summed E-state index contributed by atoms with van der Waals surface area (Å²) in [5.41, 5.74) is 1.03. The van der Waals surface area contributed by atoms with Crippen molar-refractivity contribution in [2.45, 2.75) is 19.4 Å². The standard InChI is InChI=1S/C16H21N7O2/c1-10-7-14(22(4)20-10)23-6-5-11(16(23)25)19-15(24)12-8-18-13(9-17-12)21(2)3/h7-9,11H,5-6H2,1-4H3,(H,19,24). The first-order valence-electron chi connectivity index (χ1n) is 7.99. The van der Waals surface area contributed by atoms with E-state index < -0.39 is 11.9 Å². The largest absolute Gasteiger partial charge is 0.361 e. The quantitative estimate of drug-likeness (QED) is 0.847. The number of aromatic nitrogens is 4. The minimum atomic E-state index is -0.571. The predicted molar refractivity (Wildman–Crippen MR) is 92.5 cm³/mol. The molecule has 2 aromatic rings. The van der Waals surface area contributed by atoms with E-state index in [1.165, 1.54) is 12.4 Å². The Balaban J connectivity index is 1.68. The van der Waals surface area contributed by atoms with Crippen LogP contribution in [0.5, 0.6) is 0 Å². The van der Waals surface area contributed by atoms with Crippen LogP contribution < -0.4 is 15.1 Å². The molecule has 0 spiro atoms. The topological polar surface area (TPSA) is 96.3 Å². The molecule has 0 aromatic carbocycles. The highest BCUT2D eigenvalue weighted by atomic mass is 16.2. The van der Waals surface area contributed by atoms with Crippen molar-refractivity contribution in [1.82, 2.24) is 25.1 Å². The summed E-state index contributed by atoms with van der Waals surface area (Å²) in [5.74, 6) is 0.842. The van der Waals surface area contributed by atoms with Gasteiger partial charge in [0.1, 0.15) is 23.4 Å². The number of carbonyl (C=O) groups excluding carboxylic acids is 2. The minimum Gasteiger partial charge on any atom is -0.361 e. The summed E-state index contributed by atoms with van der Waals surface area (Å²) in [6, 6.07) is 1.28. The molecule has 2 aromatic heterocycles. The van der Waals surface area contributed by atoms with E-state index in [-0.39, 0.29) is 11.6 Å². The molecule has 25 heavy (non-hydrogen) atoms. The maximum absolute atomic E-state index is 12.6. The molecular weight excluding hydrogens is 322 g/mol. The van der Waals surface area contributed by atoms with Crippen LogP contribution in [0.4, 0.5) is 11.6 Å². The van der Waals surface area contributed by atoms with Crippen molar-refractivity contribution >= 4 is 23.5 Å². The second-order valence-electron chi connectivity index (χ2n) is 6.23. The van der Waals surface area contributed by atoms with Crippen LogP contribution >= 0.6 is 0 Å². The number of hydrogen-bond donors (Lipinski definition) is 1. The SMILES string of the molecule is Cc1cc(N2CCC(NC(=O)c3cnc(N(C)C)cn3)C2=O)n(C)n1. The molecule has 0 aliphatic carbocycles. The fourth-order valence-corrected chi connectivity index (χ4v) is 2.79. The Morgan fingerprint density at radius 3 is 2.64 bits per heavy atom. The van der Waals surface area contributed by atoms with Crippen LogP contribution in [0, 0.1) is 6.92 Å². The third kappa shape index (κ3) is 3.30. The Bertz CT molecular complexity index is 797. The average Bonchev–Trinajstić information content (AvgIpc) is 3.09. The molecular formula is C16H21N7O2. The number of rotatable bonds is 4. The van der Waals surface area contributed by atoms with Gasteiger partial charge in [0.2, 0.25) is 0 Å². The van der Waals surface area contributed by atoms with E-state index in [9.17, 15) is 9.59 Å². The fraction of sp³-hybridized carbons (Fsp3) is 0.438. The fourth-order valence-electron chi connectivity index (χ4n) is 2.79. The zero-order valence-electron chi connectivity index (χ0n) is 14.7. The smallest absolute Gasteiger partial charge is 0.272 e. The number of hydrogen-bond acceptors (Lipinski definition) is 6. The van der Waals surface area contributed by atoms with Crippen LogP contribution in [0.3, 0.4) is 0 Å². The number of anilines is 2. The van der Waals surface area contributed by atoms with E-state index in [0.717, 1.165) is 11.5 Å². The summed E-state index contributed by atoms with van der Waals surface area (Å²) < 4.78 is 1.67. The second kappa shape index (κ2) is 6.50. The summed E-state index contributed by atoms with van der Waals surface area (Å²) in [6.45, 7) is 2.41. The van der Waals surface area contributed by atoms with Gasteiger partial charge in [-0.2, -0.15) is 5.10 Å². The van der Waals surface area contributed by atoms with E-state index in [4.69, 9.17) is 0 Å². The number of amides is 2. The van der Waals surface area contributed by atoms with Gasteiger partial charge in [-0.25, -0.2) is 9.97 Å². The number of nitrogens with one attached hydrogen (secondary N) is 1. The van der Waals surface area contributed by atoms with Gasteiger partial charge in [-0.05, 0) is 13.3 Å². The lowest BCUT2D eigenvalue weighted by Gasteiger charge is -2.17. The monoisotopic (exact) mass is 343 g/mol. The van der Waals surface area contributed by atoms with Gasteiger partial charge in [0.25, 0.3) is 11.8 Å². The third-order valence-electron chi connectivity index (χ3n) is 4.09. The van der Waals surface area contributed by atoms with E-state index >= 15 is 0 Å². The molecule has 1 aliphatic heterocycles. The molecule has 9 nitrogen and oxygen atoms in total. The van der Waals surface area contributed by atoms with E-state index in [0.29, 0.717) is 18.8 Å². The van der Waals surface area contributed by atoms with Crippen molar-refractivity contribution in [2.75, 3.05) is 30.4 Å². The molecule has 1 fully saturated rings. The highest BCUT2D eigenvalue weighted by Crippen LogP contribution is 2.22. The normalized spacial score (nSPS) is 17.0. The molecule has 1 atom stereocenters. The first-order valence-corrected chi connectivity index (χ1v) is 7.99. The molecule has 1 aliphatic rings. The van der Waals surface area contributed by atoms with Crippen LogP contribution in [0.2, 0.25) is 0 Å². The third-order valence-corrected chi connectivity index (χ3v) is 4.09. The molecule has 132 valence electrons. The lowest BCUT2D eigenvalue weighted by Crippen LogP contribution is -2.42.